The van der Waals surface area contributed by atoms with Gasteiger partial charge in [0, 0.05) is 51.1 Å². The van der Waals surface area contributed by atoms with E-state index in [1.54, 1.807) is 12.1 Å². The first kappa shape index (κ1) is 52.2. The Hall–Kier alpha value is -4.19. The second-order valence-electron chi connectivity index (χ2n) is 19.7. The van der Waals surface area contributed by atoms with Crippen LogP contribution in [0.5, 0.6) is 11.5 Å². The van der Waals surface area contributed by atoms with Crippen LogP contribution in [0.3, 0.4) is 0 Å². The van der Waals surface area contributed by atoms with E-state index in [9.17, 15) is 19.8 Å². The first-order valence-electron chi connectivity index (χ1n) is 26.3. The summed E-state index contributed by atoms with van der Waals surface area (Å²) in [6.45, 7) is 7.55. The summed E-state index contributed by atoms with van der Waals surface area (Å²) < 4.78 is 20.4. The van der Waals surface area contributed by atoms with E-state index in [-0.39, 0.29) is 50.1 Å². The third-order valence-corrected chi connectivity index (χ3v) is 15.0. The van der Waals surface area contributed by atoms with E-state index in [0.717, 1.165) is 67.4 Å². The fourth-order valence-corrected chi connectivity index (χ4v) is 11.5. The predicted octanol–water partition coefficient (Wildman–Crippen LogP) is 12.0. The van der Waals surface area contributed by atoms with Gasteiger partial charge in [-0.3, -0.25) is 4.79 Å². The fourth-order valence-electron chi connectivity index (χ4n) is 11.5. The minimum Gasteiger partial charge on any atom is -0.459 e. The van der Waals surface area contributed by atoms with Crippen LogP contribution in [0.25, 0.3) is 0 Å². The van der Waals surface area contributed by atoms with Crippen molar-refractivity contribution in [2.75, 3.05) is 33.4 Å². The predicted molar refractivity (Wildman–Crippen MR) is 266 cm³/mol. The van der Waals surface area contributed by atoms with E-state index in [0.29, 0.717) is 49.6 Å². The molecule has 4 aliphatic rings. The van der Waals surface area contributed by atoms with E-state index in [1.807, 2.05) is 54.4 Å². The maximum atomic E-state index is 14.5. The number of benzene rings is 2. The molecule has 3 N–H and O–H groups in total. The van der Waals surface area contributed by atoms with Crippen LogP contribution in [0.4, 0.5) is 4.79 Å². The van der Waals surface area contributed by atoms with Crippen molar-refractivity contribution in [3.63, 3.8) is 0 Å². The minimum atomic E-state index is -1.33. The van der Waals surface area contributed by atoms with Gasteiger partial charge in [0.25, 0.3) is 0 Å². The second kappa shape index (κ2) is 27.7. The van der Waals surface area contributed by atoms with Crippen LogP contribution in [-0.2, 0) is 21.0 Å². The number of fused-ring (bicyclic) bond motifs is 2. The molecule has 2 aromatic rings. The van der Waals surface area contributed by atoms with E-state index in [1.165, 1.54) is 77.0 Å². The number of carbonyl (C=O) groups is 2. The molecular weight excluding hydrogens is 843 g/mol. The molecule has 0 radical (unpaired) electrons. The van der Waals surface area contributed by atoms with Crippen molar-refractivity contribution in [2.24, 2.45) is 28.8 Å². The Kier molecular flexibility index (Phi) is 21.6. The van der Waals surface area contributed by atoms with Gasteiger partial charge in [0.1, 0.15) is 24.1 Å². The summed E-state index contributed by atoms with van der Waals surface area (Å²) in [5.41, 5.74) is 3.65. The standard InChI is InChI=1S/C56H83N3O8/c1-4-6-7-8-9-10-11-12-13-21-34-57-55(63)66-45-31-32-50-48(39-45)53-46(29-20-23-36-61)44(28-19-22-35-60)38-47-49(58-65-41-43-26-15-14-16-27-43)40-51(56(67-50,54(47)53)64-37-5-2)59(3)52(62)33-30-42-24-17-18-25-42/h5,14-16,26-27,31-32,38-39,42,44,46,51,53-54,60-61H,2,4,6-13,17-25,28-30,33-37,40-41H2,1,3H3,(H,57,63)/t44-,46+,51-,53+,54+,56+/m0/s1. The quantitative estimate of drug-likeness (QED) is 0.0400. The average molecular weight is 926 g/mol. The number of hydrogen-bond donors (Lipinski definition) is 3. The molecule has 2 fully saturated rings. The summed E-state index contributed by atoms with van der Waals surface area (Å²) in [6.07, 6.45) is 26.9. The highest BCUT2D eigenvalue weighted by Gasteiger charge is 2.65. The van der Waals surface area contributed by atoms with Gasteiger partial charge >= 0.3 is 6.09 Å². The Labute approximate surface area is 402 Å². The van der Waals surface area contributed by atoms with Gasteiger partial charge in [-0.25, -0.2) is 4.79 Å². The molecule has 0 unspecified atom stereocenters. The smallest absolute Gasteiger partial charge is 0.412 e. The Morgan fingerprint density at radius 1 is 0.896 bits per heavy atom. The number of ether oxygens (including phenoxy) is 3. The summed E-state index contributed by atoms with van der Waals surface area (Å²) in [7, 11) is 1.89. The SMILES string of the molecule is C=CCO[C@@]12Oc3ccc(OC(=O)NCCCCCCCCCCCC)cc3[C@H]3[C@H](CCCCO)[C@@H](CCCCO)C=C(C(=NOCc4ccccc4)C[C@@H]1N(C)C(=O)CCC1CCCC1)[C@H]32. The summed E-state index contributed by atoms with van der Waals surface area (Å²) in [5, 5.41) is 27.9. The molecule has 0 saturated heterocycles. The van der Waals surface area contributed by atoms with Gasteiger partial charge in [-0.05, 0) is 85.6 Å². The molecule has 0 aromatic heterocycles. The van der Waals surface area contributed by atoms with Crippen molar-refractivity contribution >= 4 is 17.7 Å². The van der Waals surface area contributed by atoms with Crippen LogP contribution in [0.2, 0.25) is 0 Å². The maximum Gasteiger partial charge on any atom is 0.412 e. The summed E-state index contributed by atoms with van der Waals surface area (Å²) in [4.78, 5) is 35.9. The third kappa shape index (κ3) is 14.4. The zero-order chi connectivity index (χ0) is 47.3. The van der Waals surface area contributed by atoms with Crippen LogP contribution in [0, 0.1) is 23.7 Å². The van der Waals surface area contributed by atoms with Crippen molar-refractivity contribution in [3.05, 3.63) is 84.0 Å². The van der Waals surface area contributed by atoms with E-state index in [2.05, 4.69) is 24.9 Å². The highest BCUT2D eigenvalue weighted by Crippen LogP contribution is 2.62. The number of likely N-dealkylation sites (N-methyl/N-ethyl adjacent to an activating group) is 1. The number of unbranched alkanes of at least 4 members (excludes halogenated alkanes) is 11. The number of oxime groups is 1. The molecule has 370 valence electrons. The van der Waals surface area contributed by atoms with Crippen molar-refractivity contribution < 1.29 is 38.9 Å². The maximum absolute atomic E-state index is 14.5. The molecule has 11 heteroatoms. The summed E-state index contributed by atoms with van der Waals surface area (Å²) in [6, 6.07) is 15.1. The zero-order valence-electron chi connectivity index (χ0n) is 41.0. The summed E-state index contributed by atoms with van der Waals surface area (Å²) in [5.74, 6) is -0.166. The molecule has 0 bridgehead atoms. The van der Waals surface area contributed by atoms with Crippen molar-refractivity contribution in [3.8, 4) is 11.5 Å². The Morgan fingerprint density at radius 3 is 2.30 bits per heavy atom. The first-order chi connectivity index (χ1) is 32.8. The zero-order valence-corrected chi connectivity index (χ0v) is 41.0. The Balaban J connectivity index is 1.34. The molecule has 2 amide bonds. The highest BCUT2D eigenvalue weighted by atomic mass is 16.7. The van der Waals surface area contributed by atoms with Gasteiger partial charge in [0.05, 0.1) is 18.2 Å². The monoisotopic (exact) mass is 926 g/mol. The van der Waals surface area contributed by atoms with Crippen LogP contribution < -0.4 is 14.8 Å². The lowest BCUT2D eigenvalue weighted by Crippen LogP contribution is -2.69. The molecule has 2 saturated carbocycles. The molecule has 1 heterocycles. The molecule has 6 rings (SSSR count). The van der Waals surface area contributed by atoms with E-state index in [4.69, 9.17) is 24.2 Å². The number of aliphatic hydroxyl groups is 2. The van der Waals surface area contributed by atoms with E-state index >= 15 is 0 Å². The average Bonchev–Trinajstić information content (AvgIpc) is 3.87. The molecule has 6 atom stereocenters. The van der Waals surface area contributed by atoms with Crippen LogP contribution in [0.1, 0.15) is 172 Å². The lowest BCUT2D eigenvalue weighted by atomic mass is 9.55. The van der Waals surface area contributed by atoms with Crippen LogP contribution >= 0.6 is 0 Å². The molecule has 0 spiro atoms. The van der Waals surface area contributed by atoms with Gasteiger partial charge in [-0.2, -0.15) is 0 Å². The van der Waals surface area contributed by atoms with Gasteiger partial charge in [-0.15, -0.1) is 6.58 Å². The van der Waals surface area contributed by atoms with Crippen molar-refractivity contribution in [1.29, 1.82) is 0 Å². The number of nitrogens with one attached hydrogen (secondary N) is 1. The third-order valence-electron chi connectivity index (χ3n) is 15.0. The molecule has 67 heavy (non-hydrogen) atoms. The van der Waals surface area contributed by atoms with Gasteiger partial charge in [0.15, 0.2) is 0 Å². The second-order valence-corrected chi connectivity index (χ2v) is 19.7. The first-order valence-corrected chi connectivity index (χ1v) is 26.3. The van der Waals surface area contributed by atoms with Crippen molar-refractivity contribution in [2.45, 2.75) is 179 Å². The number of amides is 2. The van der Waals surface area contributed by atoms with Crippen LogP contribution in [0.15, 0.2) is 78.0 Å². The van der Waals surface area contributed by atoms with Gasteiger partial charge in [-0.1, -0.05) is 151 Å². The Morgan fingerprint density at radius 2 is 1.60 bits per heavy atom. The van der Waals surface area contributed by atoms with Crippen molar-refractivity contribution in [1.82, 2.24) is 10.2 Å². The number of nitrogens with zero attached hydrogens (tertiary/aromatic N) is 2. The number of rotatable bonds is 30. The molecule has 3 aliphatic carbocycles. The number of hydrogen-bond acceptors (Lipinski definition) is 9. The van der Waals surface area contributed by atoms with Crippen LogP contribution in [-0.4, -0.2) is 78.1 Å². The molecule has 2 aromatic carbocycles. The fraction of sp³-hybridized carbons (Fsp3) is 0.661. The Bertz CT molecular complexity index is 1880. The molecule has 11 nitrogen and oxygen atoms in total. The number of allylic oxidation sites excluding steroid dienone is 1. The number of aliphatic hydroxyl groups excluding tert-OH is 2. The van der Waals surface area contributed by atoms with E-state index < -0.39 is 23.8 Å². The normalized spacial score (nSPS) is 23.7. The summed E-state index contributed by atoms with van der Waals surface area (Å²) >= 11 is 0. The number of carbonyl (C=O) groups excluding carboxylic acids is 2. The highest BCUT2D eigenvalue weighted by molar-refractivity contribution is 6.03. The largest absolute Gasteiger partial charge is 0.459 e. The van der Waals surface area contributed by atoms with Gasteiger partial charge < -0.3 is 39.5 Å². The lowest BCUT2D eigenvalue weighted by molar-refractivity contribution is -0.255. The molecular formula is C56H83N3O8. The topological polar surface area (TPSA) is 139 Å². The lowest BCUT2D eigenvalue weighted by Gasteiger charge is -2.59. The minimum absolute atomic E-state index is 0.0474. The van der Waals surface area contributed by atoms with Gasteiger partial charge in [0.2, 0.25) is 11.7 Å². The molecule has 1 aliphatic heterocycles.